The van der Waals surface area contributed by atoms with Gasteiger partial charge in [0.25, 0.3) is 5.91 Å². The standard InChI is InChI=1S/C25H30BrN5O3S/c1-5-31-22(13-27-23(32)14-34-20-9-6-18(7-10-20)16(2)3)29-30-25(31)35-15-24(33)28-19-8-11-21(26)17(4)12-19/h6-12,16H,5,13-15H2,1-4H3,(H,27,32)(H,28,33). The van der Waals surface area contributed by atoms with E-state index in [1.807, 2.05) is 60.9 Å². The van der Waals surface area contributed by atoms with Crippen LogP contribution in [0.2, 0.25) is 0 Å². The van der Waals surface area contributed by atoms with Crippen molar-refractivity contribution in [3.63, 3.8) is 0 Å². The second-order valence-corrected chi connectivity index (χ2v) is 10.0. The number of rotatable bonds is 11. The van der Waals surface area contributed by atoms with Crippen molar-refractivity contribution < 1.29 is 14.3 Å². The minimum Gasteiger partial charge on any atom is -0.484 e. The lowest BCUT2D eigenvalue weighted by Crippen LogP contribution is -2.29. The van der Waals surface area contributed by atoms with Crippen molar-refractivity contribution in [2.24, 2.45) is 0 Å². The fraction of sp³-hybridized carbons (Fsp3) is 0.360. The first-order valence-electron chi connectivity index (χ1n) is 11.4. The molecule has 1 aromatic heterocycles. The van der Waals surface area contributed by atoms with Gasteiger partial charge in [0.05, 0.1) is 12.3 Å². The molecule has 0 aliphatic heterocycles. The molecule has 0 aliphatic carbocycles. The summed E-state index contributed by atoms with van der Waals surface area (Å²) >= 11 is 4.76. The summed E-state index contributed by atoms with van der Waals surface area (Å²) in [6, 6.07) is 13.4. The molecule has 2 aromatic carbocycles. The van der Waals surface area contributed by atoms with Gasteiger partial charge in [0, 0.05) is 16.7 Å². The minimum absolute atomic E-state index is 0.0847. The van der Waals surface area contributed by atoms with Crippen molar-refractivity contribution in [3.05, 3.63) is 63.9 Å². The molecule has 3 aromatic rings. The Bertz CT molecular complexity index is 1160. The van der Waals surface area contributed by atoms with E-state index in [1.54, 1.807) is 0 Å². The van der Waals surface area contributed by atoms with Gasteiger partial charge in [0.2, 0.25) is 5.91 Å². The van der Waals surface area contributed by atoms with Crippen molar-refractivity contribution in [3.8, 4) is 5.75 Å². The van der Waals surface area contributed by atoms with E-state index in [1.165, 1.54) is 17.3 Å². The summed E-state index contributed by atoms with van der Waals surface area (Å²) in [4.78, 5) is 24.6. The predicted molar refractivity (Wildman–Crippen MR) is 142 cm³/mol. The van der Waals surface area contributed by atoms with Gasteiger partial charge in [-0.2, -0.15) is 0 Å². The fourth-order valence-electron chi connectivity index (χ4n) is 3.25. The Morgan fingerprint density at radius 2 is 1.86 bits per heavy atom. The maximum atomic E-state index is 12.4. The van der Waals surface area contributed by atoms with Crippen LogP contribution in [-0.4, -0.2) is 38.9 Å². The van der Waals surface area contributed by atoms with Gasteiger partial charge in [-0.15, -0.1) is 10.2 Å². The molecular formula is C25H30BrN5O3S. The number of hydrogen-bond donors (Lipinski definition) is 2. The zero-order valence-electron chi connectivity index (χ0n) is 20.3. The summed E-state index contributed by atoms with van der Waals surface area (Å²) in [5.41, 5.74) is 3.01. The van der Waals surface area contributed by atoms with Crippen LogP contribution in [0.15, 0.2) is 52.1 Å². The molecule has 0 aliphatic rings. The monoisotopic (exact) mass is 559 g/mol. The zero-order valence-corrected chi connectivity index (χ0v) is 22.7. The third-order valence-electron chi connectivity index (χ3n) is 5.24. The van der Waals surface area contributed by atoms with Crippen molar-refractivity contribution in [2.75, 3.05) is 17.7 Å². The lowest BCUT2D eigenvalue weighted by atomic mass is 10.0. The molecule has 1 heterocycles. The number of thioether (sulfide) groups is 1. The SMILES string of the molecule is CCn1c(CNC(=O)COc2ccc(C(C)C)cc2)nnc1SCC(=O)Nc1ccc(Br)c(C)c1. The van der Waals surface area contributed by atoms with E-state index >= 15 is 0 Å². The van der Waals surface area contributed by atoms with E-state index in [4.69, 9.17) is 4.74 Å². The van der Waals surface area contributed by atoms with Crippen LogP contribution in [0, 0.1) is 6.92 Å². The topological polar surface area (TPSA) is 98.1 Å². The van der Waals surface area contributed by atoms with Crippen LogP contribution in [-0.2, 0) is 22.7 Å². The Morgan fingerprint density at radius 3 is 2.51 bits per heavy atom. The molecule has 0 fully saturated rings. The second kappa shape index (κ2) is 12.7. The van der Waals surface area contributed by atoms with E-state index in [9.17, 15) is 9.59 Å². The van der Waals surface area contributed by atoms with E-state index in [0.29, 0.717) is 29.2 Å². The van der Waals surface area contributed by atoms with Crippen molar-refractivity contribution in [2.45, 2.75) is 51.9 Å². The summed E-state index contributed by atoms with van der Waals surface area (Å²) < 4.78 is 8.45. The molecule has 186 valence electrons. The number of anilines is 1. The van der Waals surface area contributed by atoms with Crippen molar-refractivity contribution >= 4 is 45.2 Å². The highest BCUT2D eigenvalue weighted by Gasteiger charge is 2.14. The number of amides is 2. The van der Waals surface area contributed by atoms with Crippen LogP contribution in [0.4, 0.5) is 5.69 Å². The Kier molecular flexibility index (Phi) is 9.73. The highest BCUT2D eigenvalue weighted by atomic mass is 79.9. The molecule has 2 amide bonds. The number of benzene rings is 2. The van der Waals surface area contributed by atoms with Gasteiger partial charge in [-0.1, -0.05) is 53.7 Å². The normalized spacial score (nSPS) is 10.9. The Labute approximate surface area is 218 Å². The largest absolute Gasteiger partial charge is 0.484 e. The summed E-state index contributed by atoms with van der Waals surface area (Å²) in [6.07, 6.45) is 0. The number of carbonyl (C=O) groups is 2. The Morgan fingerprint density at radius 1 is 1.11 bits per heavy atom. The van der Waals surface area contributed by atoms with Gasteiger partial charge in [0.1, 0.15) is 5.75 Å². The number of aromatic nitrogens is 3. The number of carbonyl (C=O) groups excluding carboxylic acids is 2. The minimum atomic E-state index is -0.248. The maximum absolute atomic E-state index is 12.4. The van der Waals surface area contributed by atoms with E-state index in [-0.39, 0.29) is 30.7 Å². The Balaban J connectivity index is 1.47. The quantitative estimate of drug-likeness (QED) is 0.323. The molecule has 0 bridgehead atoms. The second-order valence-electron chi connectivity index (χ2n) is 8.23. The summed E-state index contributed by atoms with van der Waals surface area (Å²) in [6.45, 7) is 8.94. The average Bonchev–Trinajstić information content (AvgIpc) is 3.24. The van der Waals surface area contributed by atoms with E-state index < -0.39 is 0 Å². The third kappa shape index (κ3) is 7.83. The third-order valence-corrected chi connectivity index (χ3v) is 7.10. The smallest absolute Gasteiger partial charge is 0.258 e. The van der Waals surface area contributed by atoms with Crippen LogP contribution in [0.25, 0.3) is 0 Å². The summed E-state index contributed by atoms with van der Waals surface area (Å²) in [5, 5.41) is 14.7. The lowest BCUT2D eigenvalue weighted by Gasteiger charge is -2.10. The van der Waals surface area contributed by atoms with Crippen LogP contribution >= 0.6 is 27.7 Å². The number of nitrogens with one attached hydrogen (secondary N) is 2. The van der Waals surface area contributed by atoms with Crippen molar-refractivity contribution in [1.29, 1.82) is 0 Å². The fourth-order valence-corrected chi connectivity index (χ4v) is 4.32. The number of hydrogen-bond acceptors (Lipinski definition) is 6. The number of halogens is 1. The maximum Gasteiger partial charge on any atom is 0.258 e. The molecule has 0 unspecified atom stereocenters. The average molecular weight is 561 g/mol. The van der Waals surface area contributed by atoms with Gasteiger partial charge in [-0.05, 0) is 61.2 Å². The molecule has 10 heteroatoms. The molecule has 3 rings (SSSR count). The highest BCUT2D eigenvalue weighted by molar-refractivity contribution is 9.10. The number of aryl methyl sites for hydroxylation is 1. The lowest BCUT2D eigenvalue weighted by molar-refractivity contribution is -0.123. The Hall–Kier alpha value is -2.85. The van der Waals surface area contributed by atoms with Crippen LogP contribution in [0.1, 0.15) is 43.6 Å². The molecular weight excluding hydrogens is 530 g/mol. The van der Waals surface area contributed by atoms with Crippen LogP contribution < -0.4 is 15.4 Å². The first-order valence-corrected chi connectivity index (χ1v) is 13.1. The van der Waals surface area contributed by atoms with Crippen LogP contribution in [0.3, 0.4) is 0 Å². The molecule has 8 nitrogen and oxygen atoms in total. The molecule has 0 atom stereocenters. The van der Waals surface area contributed by atoms with E-state index in [0.717, 1.165) is 15.7 Å². The summed E-state index contributed by atoms with van der Waals surface area (Å²) in [7, 11) is 0. The predicted octanol–water partition coefficient (Wildman–Crippen LogP) is 4.92. The van der Waals surface area contributed by atoms with Gasteiger partial charge in [-0.25, -0.2) is 0 Å². The number of ether oxygens (including phenoxy) is 1. The first kappa shape index (κ1) is 26.7. The van der Waals surface area contributed by atoms with E-state index in [2.05, 4.69) is 50.6 Å². The van der Waals surface area contributed by atoms with Gasteiger partial charge < -0.3 is 19.9 Å². The first-order chi connectivity index (χ1) is 16.8. The van der Waals surface area contributed by atoms with Gasteiger partial charge >= 0.3 is 0 Å². The highest BCUT2D eigenvalue weighted by Crippen LogP contribution is 2.22. The van der Waals surface area contributed by atoms with Crippen LogP contribution in [0.5, 0.6) is 5.75 Å². The number of nitrogens with zero attached hydrogens (tertiary/aromatic N) is 3. The molecule has 2 N–H and O–H groups in total. The summed E-state index contributed by atoms with van der Waals surface area (Å²) in [5.74, 6) is 1.53. The molecule has 35 heavy (non-hydrogen) atoms. The molecule has 0 saturated heterocycles. The molecule has 0 radical (unpaired) electrons. The van der Waals surface area contributed by atoms with Crippen molar-refractivity contribution in [1.82, 2.24) is 20.1 Å². The zero-order chi connectivity index (χ0) is 25.4. The van der Waals surface area contributed by atoms with Gasteiger partial charge in [0.15, 0.2) is 17.6 Å². The van der Waals surface area contributed by atoms with Gasteiger partial charge in [-0.3, -0.25) is 9.59 Å². The molecule has 0 spiro atoms. The molecule has 0 saturated carbocycles.